The first-order chi connectivity index (χ1) is 14.4. The van der Waals surface area contributed by atoms with Crippen LogP contribution in [0.1, 0.15) is 50.7 Å². The highest BCUT2D eigenvalue weighted by Gasteiger charge is 2.22. The fraction of sp³-hybridized carbons (Fsp3) is 0.480. The number of aromatic hydroxyl groups is 1. The van der Waals surface area contributed by atoms with E-state index in [1.807, 2.05) is 29.2 Å². The highest BCUT2D eigenvalue weighted by Crippen LogP contribution is 2.36. The predicted octanol–water partition coefficient (Wildman–Crippen LogP) is 3.50. The molecule has 4 N–H and O–H groups in total. The van der Waals surface area contributed by atoms with Crippen molar-refractivity contribution in [2.75, 3.05) is 26.3 Å². The van der Waals surface area contributed by atoms with Crippen molar-refractivity contribution in [3.63, 3.8) is 0 Å². The molecule has 2 aromatic rings. The fourth-order valence-corrected chi connectivity index (χ4v) is 4.05. The summed E-state index contributed by atoms with van der Waals surface area (Å²) in [6.45, 7) is 7.87. The first kappa shape index (κ1) is 22.3. The molecule has 1 fully saturated rings. The Morgan fingerprint density at radius 1 is 1.13 bits per heavy atom. The molecule has 0 aromatic heterocycles. The zero-order chi connectivity index (χ0) is 21.6. The molecule has 0 unspecified atom stereocenters. The summed E-state index contributed by atoms with van der Waals surface area (Å²) in [7, 11) is 0. The van der Waals surface area contributed by atoms with E-state index in [9.17, 15) is 9.90 Å². The molecule has 0 atom stereocenters. The summed E-state index contributed by atoms with van der Waals surface area (Å²) in [5.41, 5.74) is 8.02. The summed E-state index contributed by atoms with van der Waals surface area (Å²) in [6.07, 6.45) is 3.45. The number of carbonyl (C=O) groups is 1. The zero-order valence-electron chi connectivity index (χ0n) is 18.3. The molecule has 1 aliphatic rings. The van der Waals surface area contributed by atoms with E-state index < -0.39 is 0 Å². The number of benzene rings is 2. The molecule has 0 bridgehead atoms. The van der Waals surface area contributed by atoms with Crippen molar-refractivity contribution in [3.05, 3.63) is 53.6 Å². The van der Waals surface area contributed by atoms with E-state index in [4.69, 9.17) is 4.74 Å². The van der Waals surface area contributed by atoms with Crippen LogP contribution in [0, 0.1) is 0 Å². The van der Waals surface area contributed by atoms with Gasteiger partial charge in [-0.1, -0.05) is 50.6 Å². The van der Waals surface area contributed by atoms with Crippen molar-refractivity contribution in [2.24, 2.45) is 0 Å². The number of nitrogens with zero attached hydrogens (tertiary/aromatic N) is 1. The highest BCUT2D eigenvalue weighted by molar-refractivity contribution is 5.76. The Kier molecular flexibility index (Phi) is 7.51. The molecule has 1 saturated heterocycles. The van der Waals surface area contributed by atoms with Crippen molar-refractivity contribution in [2.45, 2.75) is 51.5 Å². The molecule has 1 aliphatic heterocycles. The molecular formula is C25H35N2O3+. The van der Waals surface area contributed by atoms with E-state index in [2.05, 4.69) is 37.8 Å². The van der Waals surface area contributed by atoms with E-state index in [1.54, 1.807) is 0 Å². The lowest BCUT2D eigenvalue weighted by molar-refractivity contribution is -0.386. The van der Waals surface area contributed by atoms with Crippen molar-refractivity contribution >= 4 is 5.91 Å². The number of morpholine rings is 1. The van der Waals surface area contributed by atoms with Gasteiger partial charge in [0, 0.05) is 30.6 Å². The van der Waals surface area contributed by atoms with Crippen LogP contribution < -0.4 is 5.73 Å². The predicted molar refractivity (Wildman–Crippen MR) is 119 cm³/mol. The third-order valence-corrected chi connectivity index (χ3v) is 6.11. The van der Waals surface area contributed by atoms with Gasteiger partial charge >= 0.3 is 0 Å². The van der Waals surface area contributed by atoms with Gasteiger partial charge in [-0.15, -0.1) is 0 Å². The molecule has 1 heterocycles. The largest absolute Gasteiger partial charge is 0.507 e. The van der Waals surface area contributed by atoms with Gasteiger partial charge in [0.25, 0.3) is 0 Å². The van der Waals surface area contributed by atoms with Gasteiger partial charge in [-0.25, -0.2) is 0 Å². The van der Waals surface area contributed by atoms with E-state index in [0.29, 0.717) is 38.5 Å². The van der Waals surface area contributed by atoms with Gasteiger partial charge in [-0.05, 0) is 41.5 Å². The van der Waals surface area contributed by atoms with E-state index >= 15 is 0 Å². The van der Waals surface area contributed by atoms with E-state index in [1.165, 1.54) is 0 Å². The minimum absolute atomic E-state index is 0.0623. The van der Waals surface area contributed by atoms with Crippen LogP contribution in [0.15, 0.2) is 42.5 Å². The number of ether oxygens (including phenoxy) is 1. The molecule has 0 radical (unpaired) electrons. The molecule has 3 rings (SSSR count). The maximum atomic E-state index is 12.3. The third kappa shape index (κ3) is 5.61. The quantitative estimate of drug-likeness (QED) is 0.653. The van der Waals surface area contributed by atoms with Gasteiger partial charge in [-0.2, -0.15) is 0 Å². The summed E-state index contributed by atoms with van der Waals surface area (Å²) in [6, 6.07) is 14.2. The van der Waals surface area contributed by atoms with Crippen LogP contribution in [0.5, 0.6) is 5.75 Å². The third-order valence-electron chi connectivity index (χ3n) is 6.11. The Balaban J connectivity index is 1.57. The minimum Gasteiger partial charge on any atom is -0.507 e. The standard InChI is InChI=1S/C25H34N2O3/c1-25(2,11-4-3-8-24(29)27-12-14-30-15-13-27)21-9-10-22(23(28)17-21)20-7-5-6-19(16-20)18-26/h5-7,9-10,16-17,28H,3-4,8,11-15,18,26H2,1-2H3/p+1. The second kappa shape index (κ2) is 10.1. The lowest BCUT2D eigenvalue weighted by Crippen LogP contribution is -2.47. The molecule has 162 valence electrons. The highest BCUT2D eigenvalue weighted by atomic mass is 16.5. The monoisotopic (exact) mass is 411 g/mol. The number of hydrogen-bond donors (Lipinski definition) is 2. The lowest BCUT2D eigenvalue weighted by Gasteiger charge is -2.28. The average molecular weight is 412 g/mol. The van der Waals surface area contributed by atoms with Gasteiger partial charge in [0.1, 0.15) is 5.75 Å². The molecule has 0 aliphatic carbocycles. The van der Waals surface area contributed by atoms with E-state index in [-0.39, 0.29) is 11.3 Å². The summed E-state index contributed by atoms with van der Waals surface area (Å²) >= 11 is 0. The van der Waals surface area contributed by atoms with Crippen molar-refractivity contribution in [1.29, 1.82) is 0 Å². The SMILES string of the molecule is CC(C)(CCCCC(=O)N1CCOCC1)c1ccc(-c2cccc(C[NH3+])c2)c(O)c1. The smallest absolute Gasteiger partial charge is 0.222 e. The maximum absolute atomic E-state index is 12.3. The lowest BCUT2D eigenvalue weighted by atomic mass is 9.79. The van der Waals surface area contributed by atoms with Gasteiger partial charge in [0.2, 0.25) is 5.91 Å². The number of hydrogen-bond acceptors (Lipinski definition) is 3. The summed E-state index contributed by atoms with van der Waals surface area (Å²) in [5.74, 6) is 0.548. The van der Waals surface area contributed by atoms with Crippen molar-refractivity contribution in [1.82, 2.24) is 4.90 Å². The van der Waals surface area contributed by atoms with Gasteiger partial charge in [-0.3, -0.25) is 4.79 Å². The van der Waals surface area contributed by atoms with Gasteiger partial charge in [0.05, 0.1) is 19.8 Å². The van der Waals surface area contributed by atoms with Crippen LogP contribution in [0.2, 0.25) is 0 Å². The van der Waals surface area contributed by atoms with Crippen LogP contribution >= 0.6 is 0 Å². The van der Waals surface area contributed by atoms with Crippen LogP contribution in [0.3, 0.4) is 0 Å². The number of carbonyl (C=O) groups excluding carboxylic acids is 1. The fourth-order valence-electron chi connectivity index (χ4n) is 4.05. The van der Waals surface area contributed by atoms with Crippen molar-refractivity contribution < 1.29 is 20.4 Å². The number of quaternary nitrogens is 1. The molecular weight excluding hydrogens is 376 g/mol. The zero-order valence-corrected chi connectivity index (χ0v) is 18.3. The second-order valence-corrected chi connectivity index (χ2v) is 8.77. The summed E-state index contributed by atoms with van der Waals surface area (Å²) < 4.78 is 5.31. The molecule has 0 saturated carbocycles. The maximum Gasteiger partial charge on any atom is 0.222 e. The molecule has 5 nitrogen and oxygen atoms in total. The molecule has 0 spiro atoms. The molecule has 30 heavy (non-hydrogen) atoms. The second-order valence-electron chi connectivity index (χ2n) is 8.77. The molecule has 2 aromatic carbocycles. The number of rotatable bonds is 8. The molecule has 5 heteroatoms. The summed E-state index contributed by atoms with van der Waals surface area (Å²) in [5, 5.41) is 10.7. The Labute approximate surface area is 179 Å². The van der Waals surface area contributed by atoms with Gasteiger partial charge < -0.3 is 20.5 Å². The van der Waals surface area contributed by atoms with Crippen molar-refractivity contribution in [3.8, 4) is 16.9 Å². The number of phenols is 1. The van der Waals surface area contributed by atoms with Crippen LogP contribution in [-0.4, -0.2) is 42.2 Å². The van der Waals surface area contributed by atoms with Crippen LogP contribution in [0.25, 0.3) is 11.1 Å². The Hall–Kier alpha value is -2.37. The number of amides is 1. The average Bonchev–Trinajstić information content (AvgIpc) is 2.77. The first-order valence-corrected chi connectivity index (χ1v) is 11.0. The van der Waals surface area contributed by atoms with E-state index in [0.717, 1.165) is 48.1 Å². The normalized spacial score (nSPS) is 14.7. The van der Waals surface area contributed by atoms with Crippen LogP contribution in [-0.2, 0) is 21.5 Å². The number of unbranched alkanes of at least 4 members (excludes halogenated alkanes) is 1. The Morgan fingerprint density at radius 3 is 2.60 bits per heavy atom. The number of phenolic OH excluding ortho intramolecular Hbond substituents is 1. The Morgan fingerprint density at radius 2 is 1.90 bits per heavy atom. The Bertz CT molecular complexity index is 857. The summed E-state index contributed by atoms with van der Waals surface area (Å²) in [4.78, 5) is 14.2. The minimum atomic E-state index is -0.0623. The van der Waals surface area contributed by atoms with Crippen LogP contribution in [0.4, 0.5) is 0 Å². The molecule has 1 amide bonds. The first-order valence-electron chi connectivity index (χ1n) is 11.0. The van der Waals surface area contributed by atoms with Gasteiger partial charge in [0.15, 0.2) is 0 Å². The topological polar surface area (TPSA) is 77.4 Å².